The molecule has 2 aliphatic heterocycles. The van der Waals surface area contributed by atoms with Gasteiger partial charge in [0.2, 0.25) is 15.9 Å². The fourth-order valence-corrected chi connectivity index (χ4v) is 4.95. The van der Waals surface area contributed by atoms with Gasteiger partial charge in [0.25, 0.3) is 0 Å². The molecular weight excluding hydrogens is 400 g/mol. The zero-order valence-electron chi connectivity index (χ0n) is 12.8. The number of aliphatic carboxylic acids is 1. The highest BCUT2D eigenvalue weighted by atomic mass is 79.9. The van der Waals surface area contributed by atoms with Crippen molar-refractivity contribution >= 4 is 37.8 Å². The number of amides is 1. The van der Waals surface area contributed by atoms with Gasteiger partial charge in [-0.1, -0.05) is 15.9 Å². The summed E-state index contributed by atoms with van der Waals surface area (Å²) in [4.78, 5) is 24.8. The summed E-state index contributed by atoms with van der Waals surface area (Å²) in [5.41, 5.74) is 0. The van der Waals surface area contributed by atoms with Crippen LogP contribution in [0.1, 0.15) is 12.8 Å². The Morgan fingerprint density at radius 1 is 1.21 bits per heavy atom. The van der Waals surface area contributed by atoms with Crippen LogP contribution in [0.2, 0.25) is 0 Å². The number of carbonyl (C=O) groups excluding carboxylic acids is 1. The van der Waals surface area contributed by atoms with Crippen LogP contribution in [-0.2, 0) is 19.6 Å². The first-order valence-electron chi connectivity index (χ1n) is 7.57. The first kappa shape index (κ1) is 17.4. The van der Waals surface area contributed by atoms with Crippen LogP contribution in [-0.4, -0.2) is 60.3 Å². The van der Waals surface area contributed by atoms with Crippen LogP contribution < -0.4 is 0 Å². The number of carboxylic acids is 1. The predicted molar refractivity (Wildman–Crippen MR) is 88.8 cm³/mol. The van der Waals surface area contributed by atoms with Crippen molar-refractivity contribution < 1.29 is 23.1 Å². The molecule has 1 aromatic rings. The molecule has 2 saturated heterocycles. The van der Waals surface area contributed by atoms with Gasteiger partial charge >= 0.3 is 5.97 Å². The molecule has 7 nitrogen and oxygen atoms in total. The summed E-state index contributed by atoms with van der Waals surface area (Å²) in [6, 6.07) is 6.15. The van der Waals surface area contributed by atoms with E-state index in [1.54, 1.807) is 12.1 Å². The van der Waals surface area contributed by atoms with Crippen LogP contribution in [0.3, 0.4) is 0 Å². The average molecular weight is 417 g/mol. The Kier molecular flexibility index (Phi) is 4.67. The van der Waals surface area contributed by atoms with E-state index in [0.29, 0.717) is 13.0 Å². The fraction of sp³-hybridized carbons (Fsp3) is 0.467. The van der Waals surface area contributed by atoms with Gasteiger partial charge in [-0.2, -0.15) is 4.31 Å². The van der Waals surface area contributed by atoms with E-state index in [4.69, 9.17) is 5.11 Å². The van der Waals surface area contributed by atoms with Crippen molar-refractivity contribution in [2.45, 2.75) is 23.8 Å². The second-order valence-electron chi connectivity index (χ2n) is 6.04. The summed E-state index contributed by atoms with van der Waals surface area (Å²) in [6.07, 6.45) is 0.513. The Morgan fingerprint density at radius 3 is 2.46 bits per heavy atom. The lowest BCUT2D eigenvalue weighted by molar-refractivity contribution is -0.141. The maximum absolute atomic E-state index is 12.7. The van der Waals surface area contributed by atoms with Crippen molar-refractivity contribution in [2.75, 3.05) is 19.6 Å². The molecule has 0 aromatic heterocycles. The fourth-order valence-electron chi connectivity index (χ4n) is 3.19. The normalized spacial score (nSPS) is 25.4. The number of benzene rings is 1. The zero-order chi connectivity index (χ0) is 17.5. The standard InChI is InChI=1S/C15H17BrN2O5S/c16-11-1-3-13(4-2-11)24(22,23)17-6-5-12(9-17)18-8-10(15(20)21)7-14(18)19/h1-4,10,12H,5-9H2,(H,20,21). The van der Waals surface area contributed by atoms with Crippen LogP contribution in [0, 0.1) is 5.92 Å². The van der Waals surface area contributed by atoms with E-state index < -0.39 is 21.9 Å². The third-order valence-corrected chi connectivity index (χ3v) is 6.93. The number of carboxylic acid groups (broad SMARTS) is 1. The van der Waals surface area contributed by atoms with E-state index in [1.807, 2.05) is 0 Å². The SMILES string of the molecule is O=C(O)C1CC(=O)N(C2CCN(S(=O)(=O)c3ccc(Br)cc3)C2)C1. The van der Waals surface area contributed by atoms with Gasteiger partial charge in [0, 0.05) is 36.6 Å². The number of sulfonamides is 1. The maximum atomic E-state index is 12.7. The van der Waals surface area contributed by atoms with Crippen molar-refractivity contribution in [2.24, 2.45) is 5.92 Å². The van der Waals surface area contributed by atoms with E-state index in [0.717, 1.165) is 4.47 Å². The lowest BCUT2D eigenvalue weighted by Gasteiger charge is -2.24. The highest BCUT2D eigenvalue weighted by Crippen LogP contribution is 2.28. The lowest BCUT2D eigenvalue weighted by atomic mass is 10.1. The second kappa shape index (κ2) is 6.45. The van der Waals surface area contributed by atoms with Gasteiger partial charge in [0.1, 0.15) is 0 Å². The van der Waals surface area contributed by atoms with Gasteiger partial charge in [-0.05, 0) is 30.7 Å². The number of hydrogen-bond donors (Lipinski definition) is 1. The number of nitrogens with zero attached hydrogens (tertiary/aromatic N) is 2. The Labute approximate surface area is 148 Å². The zero-order valence-corrected chi connectivity index (χ0v) is 15.2. The molecule has 2 fully saturated rings. The first-order chi connectivity index (χ1) is 11.3. The summed E-state index contributed by atoms with van der Waals surface area (Å²) in [5, 5.41) is 9.05. The topological polar surface area (TPSA) is 95.0 Å². The van der Waals surface area contributed by atoms with E-state index in [9.17, 15) is 18.0 Å². The third-order valence-electron chi connectivity index (χ3n) is 4.53. The Bertz CT molecular complexity index is 765. The molecule has 0 saturated carbocycles. The second-order valence-corrected chi connectivity index (χ2v) is 8.90. The van der Waals surface area contributed by atoms with Crippen LogP contribution in [0.5, 0.6) is 0 Å². The highest BCUT2D eigenvalue weighted by Gasteiger charge is 2.42. The van der Waals surface area contributed by atoms with Gasteiger partial charge in [-0.3, -0.25) is 9.59 Å². The van der Waals surface area contributed by atoms with Gasteiger partial charge < -0.3 is 10.0 Å². The molecule has 1 aromatic carbocycles. The molecule has 3 rings (SSSR count). The minimum absolute atomic E-state index is 0.00864. The molecule has 0 radical (unpaired) electrons. The lowest BCUT2D eigenvalue weighted by Crippen LogP contribution is -2.40. The minimum Gasteiger partial charge on any atom is -0.481 e. The molecule has 2 atom stereocenters. The summed E-state index contributed by atoms with van der Waals surface area (Å²) in [7, 11) is -3.61. The Morgan fingerprint density at radius 2 is 1.88 bits per heavy atom. The molecule has 2 unspecified atom stereocenters. The van der Waals surface area contributed by atoms with E-state index >= 15 is 0 Å². The number of carbonyl (C=O) groups is 2. The molecule has 1 amide bonds. The first-order valence-corrected chi connectivity index (χ1v) is 9.80. The summed E-state index contributed by atoms with van der Waals surface area (Å²) in [5.74, 6) is -1.90. The van der Waals surface area contributed by atoms with Crippen molar-refractivity contribution in [3.63, 3.8) is 0 Å². The van der Waals surface area contributed by atoms with Crippen molar-refractivity contribution in [1.29, 1.82) is 0 Å². The molecule has 0 aliphatic carbocycles. The molecular formula is C15H17BrN2O5S. The van der Waals surface area contributed by atoms with Crippen LogP contribution in [0.25, 0.3) is 0 Å². The van der Waals surface area contributed by atoms with Crippen molar-refractivity contribution in [3.8, 4) is 0 Å². The van der Waals surface area contributed by atoms with Gasteiger partial charge in [-0.25, -0.2) is 8.42 Å². The summed E-state index contributed by atoms with van der Waals surface area (Å²) in [6.45, 7) is 0.687. The quantitative estimate of drug-likeness (QED) is 0.793. The minimum atomic E-state index is -3.61. The molecule has 130 valence electrons. The van der Waals surface area contributed by atoms with E-state index in [-0.39, 0.29) is 36.4 Å². The third kappa shape index (κ3) is 3.20. The molecule has 2 aliphatic rings. The Hall–Kier alpha value is -1.45. The van der Waals surface area contributed by atoms with E-state index in [2.05, 4.69) is 15.9 Å². The Balaban J connectivity index is 1.72. The molecule has 0 bridgehead atoms. The number of rotatable bonds is 4. The van der Waals surface area contributed by atoms with Gasteiger partial charge in [-0.15, -0.1) is 0 Å². The van der Waals surface area contributed by atoms with Crippen LogP contribution >= 0.6 is 15.9 Å². The number of likely N-dealkylation sites (tertiary alicyclic amines) is 1. The predicted octanol–water partition coefficient (Wildman–Crippen LogP) is 1.15. The van der Waals surface area contributed by atoms with Gasteiger partial charge in [0.15, 0.2) is 0 Å². The van der Waals surface area contributed by atoms with Gasteiger partial charge in [0.05, 0.1) is 10.8 Å². The van der Waals surface area contributed by atoms with Crippen molar-refractivity contribution in [3.05, 3.63) is 28.7 Å². The molecule has 2 heterocycles. The smallest absolute Gasteiger partial charge is 0.308 e. The highest BCUT2D eigenvalue weighted by molar-refractivity contribution is 9.10. The average Bonchev–Trinajstić information content (AvgIpc) is 3.14. The van der Waals surface area contributed by atoms with E-state index in [1.165, 1.54) is 21.3 Å². The summed E-state index contributed by atoms with van der Waals surface area (Å²) >= 11 is 3.27. The monoisotopic (exact) mass is 416 g/mol. The maximum Gasteiger partial charge on any atom is 0.308 e. The summed E-state index contributed by atoms with van der Waals surface area (Å²) < 4.78 is 27.5. The van der Waals surface area contributed by atoms with Crippen molar-refractivity contribution in [1.82, 2.24) is 9.21 Å². The molecule has 0 spiro atoms. The molecule has 9 heteroatoms. The van der Waals surface area contributed by atoms with Crippen LogP contribution in [0.4, 0.5) is 0 Å². The molecule has 1 N–H and O–H groups in total. The largest absolute Gasteiger partial charge is 0.481 e. The van der Waals surface area contributed by atoms with Crippen LogP contribution in [0.15, 0.2) is 33.6 Å². The number of halogens is 1. The number of hydrogen-bond acceptors (Lipinski definition) is 4. The molecule has 24 heavy (non-hydrogen) atoms.